The molecule has 0 atom stereocenters. The molecule has 2 heterocycles. The normalized spacial score (nSPS) is 14.9. The number of pyridine rings is 1. The second kappa shape index (κ2) is 7.46. The van der Waals surface area contributed by atoms with Crippen LogP contribution in [0.25, 0.3) is 21.8 Å². The molecule has 0 spiro atoms. The van der Waals surface area contributed by atoms with E-state index >= 15 is 0 Å². The van der Waals surface area contributed by atoms with Gasteiger partial charge in [0.25, 0.3) is 0 Å². The van der Waals surface area contributed by atoms with Gasteiger partial charge in [-0.05, 0) is 70.3 Å². The van der Waals surface area contributed by atoms with Crippen LogP contribution in [0.15, 0.2) is 48.7 Å². The van der Waals surface area contributed by atoms with Gasteiger partial charge in [-0.15, -0.1) is 0 Å². The molecule has 6 heteroatoms. The van der Waals surface area contributed by atoms with Crippen molar-refractivity contribution < 1.29 is 14.2 Å². The summed E-state index contributed by atoms with van der Waals surface area (Å²) in [7, 11) is 5.86. The Morgan fingerprint density at radius 1 is 1.03 bits per heavy atom. The van der Waals surface area contributed by atoms with E-state index in [9.17, 15) is 0 Å². The van der Waals surface area contributed by atoms with Crippen molar-refractivity contribution in [2.24, 2.45) is 0 Å². The summed E-state index contributed by atoms with van der Waals surface area (Å²) in [5.74, 6) is 2.89. The van der Waals surface area contributed by atoms with Crippen molar-refractivity contribution in [3.8, 4) is 23.0 Å². The molecule has 0 bridgehead atoms. The summed E-state index contributed by atoms with van der Waals surface area (Å²) in [6, 6.07) is 13.9. The topological polar surface area (TPSA) is 59.6 Å². The zero-order valence-corrected chi connectivity index (χ0v) is 18.4. The molecule has 1 aliphatic rings. The average molecular weight is 418 g/mol. The van der Waals surface area contributed by atoms with Crippen molar-refractivity contribution in [3.05, 3.63) is 54.4 Å². The molecule has 2 aromatic carbocycles. The minimum absolute atomic E-state index is 0.133. The summed E-state index contributed by atoms with van der Waals surface area (Å²) < 4.78 is 18.1. The number of hydrogen-bond donors (Lipinski definition) is 1. The first-order valence-electron chi connectivity index (χ1n) is 10.5. The fourth-order valence-electron chi connectivity index (χ4n) is 4.01. The Balaban J connectivity index is 1.46. The van der Waals surface area contributed by atoms with E-state index in [2.05, 4.69) is 35.0 Å². The number of aryl methyl sites for hydroxylation is 1. The highest BCUT2D eigenvalue weighted by Crippen LogP contribution is 2.42. The van der Waals surface area contributed by atoms with E-state index in [0.717, 1.165) is 51.8 Å². The fourth-order valence-corrected chi connectivity index (χ4v) is 4.01. The second-order valence-corrected chi connectivity index (χ2v) is 8.54. The molecule has 0 amide bonds. The Morgan fingerprint density at radius 3 is 2.61 bits per heavy atom. The van der Waals surface area contributed by atoms with Crippen LogP contribution in [0.1, 0.15) is 18.5 Å². The van der Waals surface area contributed by atoms with Crippen LogP contribution in [0, 0.1) is 6.92 Å². The van der Waals surface area contributed by atoms with Gasteiger partial charge in [0, 0.05) is 34.2 Å². The van der Waals surface area contributed by atoms with Gasteiger partial charge in [-0.2, -0.15) is 0 Å². The molecule has 0 saturated heterocycles. The number of likely N-dealkylation sites (N-methyl/N-ethyl adjacent to an activating group) is 1. The summed E-state index contributed by atoms with van der Waals surface area (Å²) in [6.45, 7) is 2.68. The van der Waals surface area contributed by atoms with Crippen LogP contribution in [0.2, 0.25) is 0 Å². The quantitative estimate of drug-likeness (QED) is 0.442. The number of aromatic nitrogens is 2. The maximum absolute atomic E-state index is 6.25. The van der Waals surface area contributed by atoms with Gasteiger partial charge in [-0.1, -0.05) is 0 Å². The first kappa shape index (κ1) is 19.7. The highest BCUT2D eigenvalue weighted by molar-refractivity contribution is 5.88. The van der Waals surface area contributed by atoms with Crippen LogP contribution < -0.4 is 14.2 Å². The van der Waals surface area contributed by atoms with Gasteiger partial charge in [0.2, 0.25) is 0 Å². The molecular weight excluding hydrogens is 390 g/mol. The van der Waals surface area contributed by atoms with E-state index in [1.807, 2.05) is 43.3 Å². The number of ether oxygens (including phenoxy) is 3. The largest absolute Gasteiger partial charge is 0.493 e. The van der Waals surface area contributed by atoms with E-state index in [1.165, 1.54) is 0 Å². The molecule has 0 radical (unpaired) electrons. The van der Waals surface area contributed by atoms with Crippen LogP contribution in [-0.2, 0) is 0 Å². The van der Waals surface area contributed by atoms with Gasteiger partial charge in [-0.3, -0.25) is 4.98 Å². The van der Waals surface area contributed by atoms with Crippen LogP contribution >= 0.6 is 0 Å². The number of nitrogens with one attached hydrogen (secondary N) is 1. The van der Waals surface area contributed by atoms with E-state index in [0.29, 0.717) is 18.1 Å². The van der Waals surface area contributed by atoms with E-state index in [-0.39, 0.29) is 5.54 Å². The molecule has 0 unspecified atom stereocenters. The van der Waals surface area contributed by atoms with Gasteiger partial charge in [0.1, 0.15) is 18.1 Å². The lowest BCUT2D eigenvalue weighted by Gasteiger charge is -2.24. The van der Waals surface area contributed by atoms with Crippen LogP contribution in [0.4, 0.5) is 0 Å². The van der Waals surface area contributed by atoms with Gasteiger partial charge in [0.15, 0.2) is 11.5 Å². The Morgan fingerprint density at radius 2 is 1.87 bits per heavy atom. The molecule has 1 saturated carbocycles. The van der Waals surface area contributed by atoms with Crippen molar-refractivity contribution in [2.75, 3.05) is 27.8 Å². The fraction of sp³-hybridized carbons (Fsp3) is 0.320. The number of methoxy groups -OCH3 is 1. The molecule has 6 nitrogen and oxygen atoms in total. The Kier molecular flexibility index (Phi) is 4.74. The number of nitrogens with zero attached hydrogens (tertiary/aromatic N) is 2. The summed E-state index contributed by atoms with van der Waals surface area (Å²) in [6.07, 6.45) is 4.06. The van der Waals surface area contributed by atoms with Crippen molar-refractivity contribution in [1.82, 2.24) is 14.9 Å². The molecule has 2 aromatic heterocycles. The third-order valence-corrected chi connectivity index (χ3v) is 6.21. The van der Waals surface area contributed by atoms with Crippen LogP contribution in [0.3, 0.4) is 0 Å². The standard InChI is InChI=1S/C25H27N3O3/c1-16-11-17-12-18(5-6-20(17)27-16)31-22-7-10-26-21-14-24(23(29-4)13-19(21)22)30-15-25(8-9-25)28(2)3/h5-7,10-14,27H,8-9,15H2,1-4H3. The molecule has 31 heavy (non-hydrogen) atoms. The zero-order valence-electron chi connectivity index (χ0n) is 18.4. The predicted octanol–water partition coefficient (Wildman–Crippen LogP) is 5.30. The predicted molar refractivity (Wildman–Crippen MR) is 123 cm³/mol. The molecule has 1 N–H and O–H groups in total. The summed E-state index contributed by atoms with van der Waals surface area (Å²) in [5, 5.41) is 2.00. The number of benzene rings is 2. The van der Waals surface area contributed by atoms with E-state index in [1.54, 1.807) is 13.3 Å². The van der Waals surface area contributed by atoms with Crippen LogP contribution in [0.5, 0.6) is 23.0 Å². The Labute approximate surface area is 181 Å². The third kappa shape index (κ3) is 3.68. The van der Waals surface area contributed by atoms with Gasteiger partial charge in [-0.25, -0.2) is 0 Å². The molecule has 160 valence electrons. The third-order valence-electron chi connectivity index (χ3n) is 6.21. The molecule has 4 aromatic rings. The van der Waals surface area contributed by atoms with Crippen molar-refractivity contribution in [3.63, 3.8) is 0 Å². The summed E-state index contributed by atoms with van der Waals surface area (Å²) in [4.78, 5) is 10.1. The number of aromatic amines is 1. The first-order valence-corrected chi connectivity index (χ1v) is 10.5. The number of rotatable bonds is 7. The minimum Gasteiger partial charge on any atom is -0.493 e. The molecular formula is C25H27N3O3. The number of H-pyrrole nitrogens is 1. The Hall–Kier alpha value is -3.25. The molecule has 5 rings (SSSR count). The number of hydrogen-bond acceptors (Lipinski definition) is 5. The van der Waals surface area contributed by atoms with E-state index in [4.69, 9.17) is 14.2 Å². The lowest BCUT2D eigenvalue weighted by Crippen LogP contribution is -2.35. The SMILES string of the molecule is COc1cc2c(Oc3ccc4[nH]c(C)cc4c3)ccnc2cc1OCC1(N(C)C)CC1. The van der Waals surface area contributed by atoms with Gasteiger partial charge in [0.05, 0.1) is 18.2 Å². The maximum Gasteiger partial charge on any atom is 0.163 e. The Bertz CT molecular complexity index is 1260. The lowest BCUT2D eigenvalue weighted by atomic mass is 10.1. The highest BCUT2D eigenvalue weighted by atomic mass is 16.5. The lowest BCUT2D eigenvalue weighted by molar-refractivity contribution is 0.164. The maximum atomic E-state index is 6.25. The minimum atomic E-state index is 0.133. The van der Waals surface area contributed by atoms with Crippen LogP contribution in [-0.4, -0.2) is 48.2 Å². The zero-order chi connectivity index (χ0) is 21.6. The first-order chi connectivity index (χ1) is 15.0. The summed E-state index contributed by atoms with van der Waals surface area (Å²) in [5.41, 5.74) is 3.16. The van der Waals surface area contributed by atoms with Crippen molar-refractivity contribution in [1.29, 1.82) is 0 Å². The molecule has 1 aliphatic carbocycles. The average Bonchev–Trinajstić information content (AvgIpc) is 3.46. The monoisotopic (exact) mass is 417 g/mol. The van der Waals surface area contributed by atoms with E-state index < -0.39 is 0 Å². The van der Waals surface area contributed by atoms with Gasteiger partial charge >= 0.3 is 0 Å². The smallest absolute Gasteiger partial charge is 0.163 e. The highest BCUT2D eigenvalue weighted by Gasteiger charge is 2.45. The number of fused-ring (bicyclic) bond motifs is 2. The van der Waals surface area contributed by atoms with Crippen molar-refractivity contribution >= 4 is 21.8 Å². The van der Waals surface area contributed by atoms with Crippen molar-refractivity contribution in [2.45, 2.75) is 25.3 Å². The van der Waals surface area contributed by atoms with Gasteiger partial charge < -0.3 is 24.1 Å². The summed E-state index contributed by atoms with van der Waals surface area (Å²) >= 11 is 0. The molecule has 0 aliphatic heterocycles. The molecule has 1 fully saturated rings. The second-order valence-electron chi connectivity index (χ2n) is 8.54.